The van der Waals surface area contributed by atoms with Crippen molar-refractivity contribution >= 4 is 23.3 Å². The molecule has 9 nitrogen and oxygen atoms in total. The van der Waals surface area contributed by atoms with Gasteiger partial charge in [0.1, 0.15) is 23.3 Å². The van der Waals surface area contributed by atoms with Crippen LogP contribution in [0, 0.1) is 0 Å². The highest BCUT2D eigenvalue weighted by atomic mass is 16.5. The van der Waals surface area contributed by atoms with Crippen LogP contribution in [0.15, 0.2) is 53.2 Å². The van der Waals surface area contributed by atoms with Crippen LogP contribution in [-0.4, -0.2) is 52.1 Å². The van der Waals surface area contributed by atoms with Crippen molar-refractivity contribution in [1.29, 1.82) is 0 Å². The molecule has 37 heavy (non-hydrogen) atoms. The topological polar surface area (TPSA) is 110 Å². The Kier molecular flexibility index (Phi) is 7.92. The van der Waals surface area contributed by atoms with Crippen molar-refractivity contribution in [2.75, 3.05) is 23.7 Å². The minimum Gasteiger partial charge on any atom is -0.487 e. The highest BCUT2D eigenvalue weighted by Crippen LogP contribution is 2.24. The molecule has 0 bridgehead atoms. The van der Waals surface area contributed by atoms with E-state index >= 15 is 0 Å². The Hall–Kier alpha value is -3.72. The molecule has 1 aliphatic heterocycles. The number of hydrogen-bond acceptors (Lipinski definition) is 7. The number of carbonyl (C=O) groups excluding carboxylic acids is 2. The van der Waals surface area contributed by atoms with Crippen molar-refractivity contribution < 1.29 is 18.8 Å². The minimum absolute atomic E-state index is 0.0856. The van der Waals surface area contributed by atoms with E-state index in [-0.39, 0.29) is 23.7 Å². The predicted molar refractivity (Wildman–Crippen MR) is 142 cm³/mol. The zero-order chi connectivity index (χ0) is 26.6. The average Bonchev–Trinajstić information content (AvgIpc) is 3.51. The number of hydrogen-bond donors (Lipinski definition) is 2. The molecule has 3 heterocycles. The van der Waals surface area contributed by atoms with E-state index in [4.69, 9.17) is 9.26 Å². The van der Waals surface area contributed by atoms with Gasteiger partial charge in [0.25, 0.3) is 0 Å². The number of nitrogens with one attached hydrogen (secondary N) is 2. The Morgan fingerprint density at radius 2 is 1.89 bits per heavy atom. The molecular weight excluding hydrogens is 470 g/mol. The second kappa shape index (κ2) is 11.1. The van der Waals surface area contributed by atoms with Gasteiger partial charge in [-0.05, 0) is 50.1 Å². The molecule has 1 aromatic carbocycles. The number of anilines is 2. The first-order valence-electron chi connectivity index (χ1n) is 12.6. The van der Waals surface area contributed by atoms with E-state index in [1.165, 1.54) is 0 Å². The van der Waals surface area contributed by atoms with Crippen LogP contribution in [0.25, 0.3) is 0 Å². The van der Waals surface area contributed by atoms with Gasteiger partial charge in [0.2, 0.25) is 0 Å². The second-order valence-corrected chi connectivity index (χ2v) is 10.7. The lowest BCUT2D eigenvalue weighted by Crippen LogP contribution is -2.30. The predicted octanol–water partition coefficient (Wildman–Crippen LogP) is 5.30. The monoisotopic (exact) mass is 505 g/mol. The van der Waals surface area contributed by atoms with Crippen molar-refractivity contribution in [3.8, 4) is 5.75 Å². The van der Waals surface area contributed by atoms with Crippen LogP contribution in [0.2, 0.25) is 0 Å². The summed E-state index contributed by atoms with van der Waals surface area (Å²) in [6.45, 7) is 12.3. The molecule has 0 spiro atoms. The van der Waals surface area contributed by atoms with E-state index in [0.29, 0.717) is 34.8 Å². The van der Waals surface area contributed by atoms with E-state index in [9.17, 15) is 9.59 Å². The number of pyridine rings is 1. The Labute approximate surface area is 217 Å². The van der Waals surface area contributed by atoms with Crippen LogP contribution in [-0.2, 0) is 11.8 Å². The van der Waals surface area contributed by atoms with Crippen LogP contribution >= 0.6 is 0 Å². The fourth-order valence-corrected chi connectivity index (χ4v) is 4.07. The standard InChI is InChI=1S/C28H35N5O4/c1-18(2)33-13-12-22(17-33)36-21-10-11-23(29-16-21)24(34)14-19-6-8-20(9-7-19)30-27(35)31-26-15-25(37-32-26)28(3,4)5/h6-11,15-16,18,22H,12-14,17H2,1-5H3,(H2,30,31,32,35)/t22-/m1/s1. The summed E-state index contributed by atoms with van der Waals surface area (Å²) in [5, 5.41) is 9.28. The molecular formula is C28H35N5O4. The number of Topliss-reactive ketones (excluding diaryl/α,β-unsaturated/α-hetero) is 1. The second-order valence-electron chi connectivity index (χ2n) is 10.7. The number of ketones is 1. The van der Waals surface area contributed by atoms with Gasteiger partial charge in [-0.2, -0.15) is 0 Å². The highest BCUT2D eigenvalue weighted by Gasteiger charge is 2.25. The number of rotatable bonds is 8. The molecule has 1 saturated heterocycles. The molecule has 2 amide bonds. The Morgan fingerprint density at radius 1 is 1.14 bits per heavy atom. The zero-order valence-electron chi connectivity index (χ0n) is 22.1. The zero-order valence-corrected chi connectivity index (χ0v) is 22.1. The fraction of sp³-hybridized carbons (Fsp3) is 0.429. The van der Waals surface area contributed by atoms with E-state index in [0.717, 1.165) is 25.1 Å². The van der Waals surface area contributed by atoms with Crippen molar-refractivity contribution in [3.05, 3.63) is 65.7 Å². The first-order chi connectivity index (χ1) is 17.6. The number of benzene rings is 1. The van der Waals surface area contributed by atoms with Gasteiger partial charge in [-0.3, -0.25) is 15.0 Å². The van der Waals surface area contributed by atoms with Gasteiger partial charge in [-0.1, -0.05) is 38.1 Å². The summed E-state index contributed by atoms with van der Waals surface area (Å²) in [5.41, 5.74) is 1.61. The van der Waals surface area contributed by atoms with Crippen molar-refractivity contribution in [1.82, 2.24) is 15.0 Å². The number of aromatic nitrogens is 2. The summed E-state index contributed by atoms with van der Waals surface area (Å²) < 4.78 is 11.3. The van der Waals surface area contributed by atoms with Crippen molar-refractivity contribution in [2.24, 2.45) is 0 Å². The van der Waals surface area contributed by atoms with Gasteiger partial charge < -0.3 is 14.6 Å². The van der Waals surface area contributed by atoms with E-state index in [1.54, 1.807) is 42.6 Å². The number of carbonyl (C=O) groups is 2. The van der Waals surface area contributed by atoms with Gasteiger partial charge in [-0.25, -0.2) is 9.78 Å². The summed E-state index contributed by atoms with van der Waals surface area (Å²) in [6.07, 6.45) is 2.97. The van der Waals surface area contributed by atoms with Gasteiger partial charge in [0.05, 0.1) is 6.20 Å². The lowest BCUT2D eigenvalue weighted by molar-refractivity contribution is 0.0988. The fourth-order valence-electron chi connectivity index (χ4n) is 4.07. The average molecular weight is 506 g/mol. The number of ether oxygens (including phenoxy) is 1. The molecule has 1 atom stereocenters. The van der Waals surface area contributed by atoms with Crippen molar-refractivity contribution in [2.45, 2.75) is 65.0 Å². The molecule has 0 saturated carbocycles. The largest absolute Gasteiger partial charge is 0.487 e. The highest BCUT2D eigenvalue weighted by molar-refractivity contribution is 5.99. The number of urea groups is 1. The van der Waals surface area contributed by atoms with Crippen LogP contribution in [0.1, 0.15) is 62.9 Å². The maximum atomic E-state index is 12.7. The third kappa shape index (κ3) is 7.16. The lowest BCUT2D eigenvalue weighted by Gasteiger charge is -2.20. The molecule has 2 N–H and O–H groups in total. The lowest BCUT2D eigenvalue weighted by atomic mass is 9.93. The molecule has 4 rings (SSSR count). The SMILES string of the molecule is CC(C)N1CC[C@@H](Oc2ccc(C(=O)Cc3ccc(NC(=O)Nc4cc(C(C)(C)C)on4)cc3)nc2)C1. The third-order valence-electron chi connectivity index (χ3n) is 6.30. The van der Waals surface area contributed by atoms with Crippen LogP contribution in [0.5, 0.6) is 5.75 Å². The van der Waals surface area contributed by atoms with E-state index in [1.807, 2.05) is 26.8 Å². The molecule has 9 heteroatoms. The third-order valence-corrected chi connectivity index (χ3v) is 6.30. The number of likely N-dealkylation sites (tertiary alicyclic amines) is 1. The number of nitrogens with zero attached hydrogens (tertiary/aromatic N) is 3. The Balaban J connectivity index is 1.26. The molecule has 0 radical (unpaired) electrons. The quantitative estimate of drug-likeness (QED) is 0.400. The molecule has 196 valence electrons. The smallest absolute Gasteiger partial charge is 0.324 e. The summed E-state index contributed by atoms with van der Waals surface area (Å²) in [7, 11) is 0. The van der Waals surface area contributed by atoms with Gasteiger partial charge >= 0.3 is 6.03 Å². The normalized spacial score (nSPS) is 16.1. The Bertz CT molecular complexity index is 1210. The van der Waals surface area contributed by atoms with Gasteiger partial charge in [0, 0.05) is 42.7 Å². The maximum absolute atomic E-state index is 12.7. The van der Waals surface area contributed by atoms with Crippen LogP contribution in [0.4, 0.5) is 16.3 Å². The summed E-state index contributed by atoms with van der Waals surface area (Å²) in [5.74, 6) is 1.62. The van der Waals surface area contributed by atoms with Crippen LogP contribution in [0.3, 0.4) is 0 Å². The van der Waals surface area contributed by atoms with Gasteiger partial charge in [0.15, 0.2) is 11.6 Å². The van der Waals surface area contributed by atoms with E-state index in [2.05, 4.69) is 39.5 Å². The van der Waals surface area contributed by atoms with Crippen molar-refractivity contribution in [3.63, 3.8) is 0 Å². The minimum atomic E-state index is -0.432. The summed E-state index contributed by atoms with van der Waals surface area (Å²) >= 11 is 0. The molecule has 1 fully saturated rings. The van der Waals surface area contributed by atoms with Gasteiger partial charge in [-0.15, -0.1) is 0 Å². The van der Waals surface area contributed by atoms with E-state index < -0.39 is 6.03 Å². The molecule has 2 aromatic heterocycles. The molecule has 1 aliphatic rings. The summed E-state index contributed by atoms with van der Waals surface area (Å²) in [6, 6.07) is 12.4. The molecule has 3 aromatic rings. The first-order valence-corrected chi connectivity index (χ1v) is 12.6. The molecule has 0 unspecified atom stereocenters. The maximum Gasteiger partial charge on any atom is 0.324 e. The number of amides is 2. The molecule has 0 aliphatic carbocycles. The first kappa shape index (κ1) is 26.3. The Morgan fingerprint density at radius 3 is 2.49 bits per heavy atom. The summed E-state index contributed by atoms with van der Waals surface area (Å²) in [4.78, 5) is 31.7. The van der Waals surface area contributed by atoms with Crippen LogP contribution < -0.4 is 15.4 Å².